The molecule has 0 amide bonds. The van der Waals surface area contributed by atoms with Crippen molar-refractivity contribution in [2.75, 3.05) is 45.2 Å². The molecule has 2 heterocycles. The second kappa shape index (κ2) is 7.27. The van der Waals surface area contributed by atoms with Crippen LogP contribution in [0.4, 0.5) is 5.82 Å². The van der Waals surface area contributed by atoms with Gasteiger partial charge in [-0.2, -0.15) is 5.10 Å². The molecule has 1 fully saturated rings. The number of piperidine rings is 1. The standard InChI is InChI=1S/C16H31N5/c1-6-17-11-15-13(2)18-20(5)16(15)21-9-7-14(8-10-21)12-19(3)4/h14,17H,6-12H2,1-5H3. The Morgan fingerprint density at radius 1 is 1.29 bits per heavy atom. The first-order chi connectivity index (χ1) is 10.0. The number of nitrogens with one attached hydrogen (secondary N) is 1. The molecule has 1 aromatic rings. The van der Waals surface area contributed by atoms with Crippen LogP contribution in [0, 0.1) is 12.8 Å². The first-order valence-corrected chi connectivity index (χ1v) is 8.15. The molecule has 1 aliphatic heterocycles. The van der Waals surface area contributed by atoms with Crippen molar-refractivity contribution in [3.8, 4) is 0 Å². The predicted molar refractivity (Wildman–Crippen MR) is 88.8 cm³/mol. The minimum Gasteiger partial charge on any atom is -0.357 e. The molecule has 0 saturated carbocycles. The molecule has 5 heteroatoms. The molecule has 1 N–H and O–H groups in total. The molecule has 0 radical (unpaired) electrons. The molecule has 2 rings (SSSR count). The molecule has 1 aliphatic rings. The Morgan fingerprint density at radius 2 is 1.95 bits per heavy atom. The van der Waals surface area contributed by atoms with Gasteiger partial charge in [-0.3, -0.25) is 4.68 Å². The summed E-state index contributed by atoms with van der Waals surface area (Å²) < 4.78 is 2.06. The Kier molecular flexibility index (Phi) is 5.65. The topological polar surface area (TPSA) is 36.3 Å². The van der Waals surface area contributed by atoms with Crippen molar-refractivity contribution >= 4 is 5.82 Å². The van der Waals surface area contributed by atoms with E-state index in [1.54, 1.807) is 0 Å². The molecule has 5 nitrogen and oxygen atoms in total. The molecule has 0 aromatic carbocycles. The molecule has 1 aromatic heterocycles. The molecule has 21 heavy (non-hydrogen) atoms. The van der Waals surface area contributed by atoms with Crippen LogP contribution < -0.4 is 10.2 Å². The SMILES string of the molecule is CCNCc1c(C)nn(C)c1N1CCC(CN(C)C)CC1. The smallest absolute Gasteiger partial charge is 0.131 e. The highest BCUT2D eigenvalue weighted by Gasteiger charge is 2.24. The van der Waals surface area contributed by atoms with Gasteiger partial charge in [-0.15, -0.1) is 0 Å². The highest BCUT2D eigenvalue weighted by molar-refractivity contribution is 5.50. The van der Waals surface area contributed by atoms with E-state index in [-0.39, 0.29) is 0 Å². The fourth-order valence-corrected chi connectivity index (χ4v) is 3.39. The van der Waals surface area contributed by atoms with Crippen molar-refractivity contribution < 1.29 is 0 Å². The van der Waals surface area contributed by atoms with Crippen LogP contribution in [0.2, 0.25) is 0 Å². The average molecular weight is 293 g/mol. The Hall–Kier alpha value is -1.07. The summed E-state index contributed by atoms with van der Waals surface area (Å²) in [4.78, 5) is 4.84. The van der Waals surface area contributed by atoms with Crippen molar-refractivity contribution in [3.63, 3.8) is 0 Å². The quantitative estimate of drug-likeness (QED) is 0.864. The summed E-state index contributed by atoms with van der Waals surface area (Å²) in [7, 11) is 6.42. The molecule has 0 bridgehead atoms. The van der Waals surface area contributed by atoms with Crippen molar-refractivity contribution in [2.24, 2.45) is 13.0 Å². The van der Waals surface area contributed by atoms with E-state index in [1.165, 1.54) is 30.8 Å². The van der Waals surface area contributed by atoms with Gasteiger partial charge in [-0.1, -0.05) is 6.92 Å². The summed E-state index contributed by atoms with van der Waals surface area (Å²) >= 11 is 0. The summed E-state index contributed by atoms with van der Waals surface area (Å²) in [5.41, 5.74) is 2.52. The van der Waals surface area contributed by atoms with Gasteiger partial charge >= 0.3 is 0 Å². The summed E-state index contributed by atoms with van der Waals surface area (Å²) in [5, 5.41) is 8.08. The van der Waals surface area contributed by atoms with Crippen molar-refractivity contribution in [1.82, 2.24) is 20.0 Å². The fourth-order valence-electron chi connectivity index (χ4n) is 3.39. The second-order valence-electron chi connectivity index (χ2n) is 6.48. The maximum atomic E-state index is 4.63. The lowest BCUT2D eigenvalue weighted by Gasteiger charge is -2.35. The van der Waals surface area contributed by atoms with Crippen LogP contribution in [-0.4, -0.2) is 55.0 Å². The van der Waals surface area contributed by atoms with Crippen LogP contribution in [0.25, 0.3) is 0 Å². The molecule has 1 saturated heterocycles. The van der Waals surface area contributed by atoms with Gasteiger partial charge in [-0.05, 0) is 46.3 Å². The Bertz CT molecular complexity index is 444. The number of nitrogens with zero attached hydrogens (tertiary/aromatic N) is 4. The summed E-state index contributed by atoms with van der Waals surface area (Å²) in [5.74, 6) is 2.15. The molecular weight excluding hydrogens is 262 g/mol. The van der Waals surface area contributed by atoms with E-state index in [0.717, 1.165) is 37.8 Å². The maximum absolute atomic E-state index is 4.63. The number of aromatic nitrogens is 2. The lowest BCUT2D eigenvalue weighted by Crippen LogP contribution is -2.38. The number of anilines is 1. The lowest BCUT2D eigenvalue weighted by atomic mass is 9.96. The number of hydrogen-bond acceptors (Lipinski definition) is 4. The third-order valence-electron chi connectivity index (χ3n) is 4.40. The van der Waals surface area contributed by atoms with E-state index in [9.17, 15) is 0 Å². The summed E-state index contributed by atoms with van der Waals surface area (Å²) in [6.07, 6.45) is 2.56. The monoisotopic (exact) mass is 293 g/mol. The lowest BCUT2D eigenvalue weighted by molar-refractivity contribution is 0.284. The minimum atomic E-state index is 0.836. The normalized spacial score (nSPS) is 17.0. The Morgan fingerprint density at radius 3 is 2.52 bits per heavy atom. The highest BCUT2D eigenvalue weighted by atomic mass is 15.4. The van der Waals surface area contributed by atoms with Crippen molar-refractivity contribution in [3.05, 3.63) is 11.3 Å². The van der Waals surface area contributed by atoms with Gasteiger partial charge in [0, 0.05) is 38.8 Å². The van der Waals surface area contributed by atoms with Crippen LogP contribution in [0.15, 0.2) is 0 Å². The largest absolute Gasteiger partial charge is 0.357 e. The molecular formula is C16H31N5. The van der Waals surface area contributed by atoms with Gasteiger partial charge in [-0.25, -0.2) is 0 Å². The van der Waals surface area contributed by atoms with E-state index < -0.39 is 0 Å². The zero-order chi connectivity index (χ0) is 15.4. The van der Waals surface area contributed by atoms with E-state index in [2.05, 4.69) is 59.9 Å². The number of aryl methyl sites for hydroxylation is 2. The zero-order valence-corrected chi connectivity index (χ0v) is 14.3. The van der Waals surface area contributed by atoms with Gasteiger partial charge in [0.1, 0.15) is 5.82 Å². The minimum absolute atomic E-state index is 0.836. The van der Waals surface area contributed by atoms with E-state index in [4.69, 9.17) is 0 Å². The Labute approximate surface area is 129 Å². The van der Waals surface area contributed by atoms with Gasteiger partial charge in [0.05, 0.1) is 5.69 Å². The van der Waals surface area contributed by atoms with E-state index >= 15 is 0 Å². The van der Waals surface area contributed by atoms with Gasteiger partial charge in [0.15, 0.2) is 0 Å². The highest BCUT2D eigenvalue weighted by Crippen LogP contribution is 2.28. The fraction of sp³-hybridized carbons (Fsp3) is 0.812. The third kappa shape index (κ3) is 3.98. The molecule has 0 spiro atoms. The number of rotatable bonds is 6. The zero-order valence-electron chi connectivity index (χ0n) is 14.3. The Balaban J connectivity index is 2.05. The number of hydrogen-bond donors (Lipinski definition) is 1. The van der Waals surface area contributed by atoms with E-state index in [1.807, 2.05) is 0 Å². The molecule has 0 aliphatic carbocycles. The van der Waals surface area contributed by atoms with Crippen molar-refractivity contribution in [1.29, 1.82) is 0 Å². The molecule has 0 atom stereocenters. The van der Waals surface area contributed by atoms with Crippen LogP contribution in [0.5, 0.6) is 0 Å². The average Bonchev–Trinajstić information content (AvgIpc) is 2.71. The summed E-state index contributed by atoms with van der Waals surface area (Å²) in [6.45, 7) is 9.70. The maximum Gasteiger partial charge on any atom is 0.131 e. The van der Waals surface area contributed by atoms with Gasteiger partial charge < -0.3 is 15.1 Å². The molecule has 0 unspecified atom stereocenters. The first kappa shape index (κ1) is 16.3. The van der Waals surface area contributed by atoms with Gasteiger partial charge in [0.2, 0.25) is 0 Å². The third-order valence-corrected chi connectivity index (χ3v) is 4.40. The van der Waals surface area contributed by atoms with Crippen LogP contribution in [0.1, 0.15) is 31.0 Å². The van der Waals surface area contributed by atoms with Crippen LogP contribution >= 0.6 is 0 Å². The van der Waals surface area contributed by atoms with Crippen molar-refractivity contribution in [2.45, 2.75) is 33.2 Å². The van der Waals surface area contributed by atoms with E-state index in [0.29, 0.717) is 0 Å². The van der Waals surface area contributed by atoms with Gasteiger partial charge in [0.25, 0.3) is 0 Å². The second-order valence-corrected chi connectivity index (χ2v) is 6.48. The van der Waals surface area contributed by atoms with Crippen LogP contribution in [0.3, 0.4) is 0 Å². The molecule has 120 valence electrons. The summed E-state index contributed by atoms with van der Waals surface area (Å²) in [6, 6.07) is 0. The predicted octanol–water partition coefficient (Wildman–Crippen LogP) is 1.62. The van der Waals surface area contributed by atoms with Crippen LogP contribution in [-0.2, 0) is 13.6 Å². The first-order valence-electron chi connectivity index (χ1n) is 8.15.